The average Bonchev–Trinajstić information content (AvgIpc) is 2.43. The Labute approximate surface area is 123 Å². The number of phenols is 1. The number of phenolic OH excluding ortho intramolecular Hbond substituents is 1. The first-order chi connectivity index (χ1) is 9.09. The zero-order valence-electron chi connectivity index (χ0n) is 10.4. The molecule has 1 aromatic rings. The van der Waals surface area contributed by atoms with E-state index in [4.69, 9.17) is 32.2 Å². The summed E-state index contributed by atoms with van der Waals surface area (Å²) in [5, 5.41) is 9.18. The summed E-state index contributed by atoms with van der Waals surface area (Å²) >= 11 is 11.0. The van der Waals surface area contributed by atoms with E-state index in [1.165, 1.54) is 0 Å². The van der Waals surface area contributed by atoms with Crippen LogP contribution in [0.1, 0.15) is 5.56 Å². The first-order valence-electron chi connectivity index (χ1n) is 5.87. The Morgan fingerprint density at radius 1 is 1.05 bits per heavy atom. The van der Waals surface area contributed by atoms with Crippen molar-refractivity contribution in [2.75, 3.05) is 31.1 Å². The monoisotopic (exact) mass is 326 g/mol. The standard InChI is InChI=1S/C12H17Cl2O4P/c13-6-8-17-19(16,18-9-7-14)10-5-11-1-3-12(15)4-2-11/h1-4,15H,5-10H2. The van der Waals surface area contributed by atoms with Crippen molar-refractivity contribution in [1.82, 2.24) is 0 Å². The van der Waals surface area contributed by atoms with Crippen molar-refractivity contribution >= 4 is 30.8 Å². The Bertz CT molecular complexity index is 399. The lowest BCUT2D eigenvalue weighted by Crippen LogP contribution is -2.06. The third-order valence-electron chi connectivity index (χ3n) is 2.34. The van der Waals surface area contributed by atoms with E-state index in [1.807, 2.05) is 0 Å². The summed E-state index contributed by atoms with van der Waals surface area (Å²) < 4.78 is 22.8. The molecule has 0 aliphatic rings. The minimum absolute atomic E-state index is 0.177. The van der Waals surface area contributed by atoms with Gasteiger partial charge in [0.2, 0.25) is 0 Å². The number of alkyl halides is 2. The lowest BCUT2D eigenvalue weighted by molar-refractivity contribution is 0.222. The van der Waals surface area contributed by atoms with Crippen LogP contribution in [0.15, 0.2) is 24.3 Å². The van der Waals surface area contributed by atoms with Crippen LogP contribution < -0.4 is 0 Å². The number of halogens is 2. The van der Waals surface area contributed by atoms with Crippen molar-refractivity contribution in [1.29, 1.82) is 0 Å². The van der Waals surface area contributed by atoms with Gasteiger partial charge in [-0.05, 0) is 24.1 Å². The van der Waals surface area contributed by atoms with Gasteiger partial charge in [-0.15, -0.1) is 23.2 Å². The molecule has 0 radical (unpaired) electrons. The second kappa shape index (κ2) is 8.83. The van der Waals surface area contributed by atoms with E-state index in [0.29, 0.717) is 6.42 Å². The molecule has 108 valence electrons. The van der Waals surface area contributed by atoms with Gasteiger partial charge in [0, 0.05) is 11.8 Å². The summed E-state index contributed by atoms with van der Waals surface area (Å²) in [7, 11) is -3.16. The fourth-order valence-electron chi connectivity index (χ4n) is 1.44. The summed E-state index contributed by atoms with van der Waals surface area (Å²) in [5.41, 5.74) is 0.946. The third-order valence-corrected chi connectivity index (χ3v) is 4.57. The molecule has 4 nitrogen and oxygen atoms in total. The molecule has 0 saturated carbocycles. The Hall–Kier alpha value is -0.250. The van der Waals surface area contributed by atoms with Crippen LogP contribution in [0, 0.1) is 0 Å². The summed E-state index contributed by atoms with van der Waals surface area (Å²) in [5.74, 6) is 0.713. The van der Waals surface area contributed by atoms with Gasteiger partial charge in [0.05, 0.1) is 19.4 Å². The normalized spacial score (nSPS) is 11.7. The van der Waals surface area contributed by atoms with Gasteiger partial charge < -0.3 is 14.2 Å². The lowest BCUT2D eigenvalue weighted by Gasteiger charge is -2.17. The number of rotatable bonds is 9. The first kappa shape index (κ1) is 16.8. The molecular formula is C12H17Cl2O4P. The Morgan fingerprint density at radius 2 is 1.58 bits per heavy atom. The van der Waals surface area contributed by atoms with E-state index in [-0.39, 0.29) is 36.9 Å². The molecule has 0 heterocycles. The van der Waals surface area contributed by atoms with Crippen molar-refractivity contribution in [3.05, 3.63) is 29.8 Å². The minimum Gasteiger partial charge on any atom is -0.508 e. The van der Waals surface area contributed by atoms with Gasteiger partial charge in [0.25, 0.3) is 0 Å². The molecule has 1 rings (SSSR count). The molecule has 19 heavy (non-hydrogen) atoms. The SMILES string of the molecule is O=P(CCc1ccc(O)cc1)(OCCCl)OCCCl. The first-order valence-corrected chi connectivity index (χ1v) is 8.67. The number of hydrogen-bond donors (Lipinski definition) is 1. The molecule has 1 aromatic carbocycles. The van der Waals surface area contributed by atoms with Crippen LogP contribution in [0.2, 0.25) is 0 Å². The highest BCUT2D eigenvalue weighted by Gasteiger charge is 2.24. The molecule has 0 amide bonds. The number of aryl methyl sites for hydroxylation is 1. The molecule has 0 unspecified atom stereocenters. The highest BCUT2D eigenvalue weighted by atomic mass is 35.5. The number of hydrogen-bond acceptors (Lipinski definition) is 4. The maximum Gasteiger partial charge on any atom is 0.331 e. The highest BCUT2D eigenvalue weighted by Crippen LogP contribution is 2.48. The van der Waals surface area contributed by atoms with E-state index in [1.54, 1.807) is 24.3 Å². The smallest absolute Gasteiger partial charge is 0.331 e. The average molecular weight is 327 g/mol. The fourth-order valence-corrected chi connectivity index (χ4v) is 3.42. The van der Waals surface area contributed by atoms with Gasteiger partial charge in [-0.25, -0.2) is 0 Å². The van der Waals surface area contributed by atoms with Crippen molar-refractivity contribution in [2.45, 2.75) is 6.42 Å². The summed E-state index contributed by atoms with van der Waals surface area (Å²) in [4.78, 5) is 0. The van der Waals surface area contributed by atoms with Crippen LogP contribution in [0.4, 0.5) is 0 Å². The molecular weight excluding hydrogens is 310 g/mol. The van der Waals surface area contributed by atoms with Gasteiger partial charge >= 0.3 is 7.60 Å². The topological polar surface area (TPSA) is 55.8 Å². The highest BCUT2D eigenvalue weighted by molar-refractivity contribution is 7.53. The molecule has 0 atom stereocenters. The molecule has 0 fully saturated rings. The van der Waals surface area contributed by atoms with Gasteiger partial charge in [-0.3, -0.25) is 4.57 Å². The molecule has 0 aliphatic heterocycles. The van der Waals surface area contributed by atoms with Crippen LogP contribution in [0.5, 0.6) is 5.75 Å². The third kappa shape index (κ3) is 6.64. The Morgan fingerprint density at radius 3 is 2.05 bits per heavy atom. The fraction of sp³-hybridized carbons (Fsp3) is 0.500. The van der Waals surface area contributed by atoms with E-state index < -0.39 is 7.60 Å². The molecule has 7 heteroatoms. The zero-order valence-corrected chi connectivity index (χ0v) is 12.8. The van der Waals surface area contributed by atoms with Crippen molar-refractivity contribution < 1.29 is 18.7 Å². The number of aromatic hydroxyl groups is 1. The van der Waals surface area contributed by atoms with Gasteiger partial charge in [0.1, 0.15) is 5.75 Å². The predicted octanol–water partition coefficient (Wildman–Crippen LogP) is 3.64. The molecule has 0 bridgehead atoms. The quantitative estimate of drug-likeness (QED) is 0.556. The Balaban J connectivity index is 2.56. The van der Waals surface area contributed by atoms with Crippen LogP contribution in [0.25, 0.3) is 0 Å². The summed E-state index contributed by atoms with van der Waals surface area (Å²) in [6.07, 6.45) is 0.785. The Kier molecular flexibility index (Phi) is 7.81. The minimum atomic E-state index is -3.16. The molecule has 0 spiro atoms. The second-order valence-electron chi connectivity index (χ2n) is 3.80. The van der Waals surface area contributed by atoms with Gasteiger partial charge in [-0.1, -0.05) is 12.1 Å². The predicted molar refractivity (Wildman–Crippen MR) is 77.6 cm³/mol. The van der Waals surface area contributed by atoms with Crippen LogP contribution in [-0.4, -0.2) is 36.2 Å². The maximum absolute atomic E-state index is 12.4. The van der Waals surface area contributed by atoms with E-state index >= 15 is 0 Å². The molecule has 0 aliphatic carbocycles. The largest absolute Gasteiger partial charge is 0.508 e. The van der Waals surface area contributed by atoms with Crippen LogP contribution in [-0.2, 0) is 20.0 Å². The summed E-state index contributed by atoms with van der Waals surface area (Å²) in [6, 6.07) is 6.70. The number of benzene rings is 1. The summed E-state index contributed by atoms with van der Waals surface area (Å²) in [6.45, 7) is 0.355. The van der Waals surface area contributed by atoms with E-state index in [0.717, 1.165) is 5.56 Å². The van der Waals surface area contributed by atoms with Gasteiger partial charge in [-0.2, -0.15) is 0 Å². The van der Waals surface area contributed by atoms with Crippen molar-refractivity contribution in [2.24, 2.45) is 0 Å². The lowest BCUT2D eigenvalue weighted by atomic mass is 10.2. The van der Waals surface area contributed by atoms with Crippen LogP contribution in [0.3, 0.4) is 0 Å². The second-order valence-corrected chi connectivity index (χ2v) is 6.74. The van der Waals surface area contributed by atoms with Crippen molar-refractivity contribution in [3.8, 4) is 5.75 Å². The van der Waals surface area contributed by atoms with Crippen molar-refractivity contribution in [3.63, 3.8) is 0 Å². The van der Waals surface area contributed by atoms with Gasteiger partial charge in [0.15, 0.2) is 0 Å². The maximum atomic E-state index is 12.4. The molecule has 1 N–H and O–H groups in total. The zero-order chi connectivity index (χ0) is 14.1. The molecule has 0 saturated heterocycles. The van der Waals surface area contributed by atoms with E-state index in [9.17, 15) is 9.67 Å². The van der Waals surface area contributed by atoms with Crippen LogP contribution >= 0.6 is 30.8 Å². The molecule has 0 aromatic heterocycles. The van der Waals surface area contributed by atoms with E-state index in [2.05, 4.69) is 0 Å².